The fourth-order valence-corrected chi connectivity index (χ4v) is 3.13. The first-order valence-corrected chi connectivity index (χ1v) is 8.48. The molecule has 0 heterocycles. The second kappa shape index (κ2) is 9.25. The number of benzene rings is 1. The summed E-state index contributed by atoms with van der Waals surface area (Å²) in [6.07, 6.45) is 5.86. The van der Waals surface area contributed by atoms with Crippen molar-refractivity contribution in [3.8, 4) is 17.2 Å². The third-order valence-corrected chi connectivity index (χ3v) is 4.39. The Morgan fingerprint density at radius 3 is 2.38 bits per heavy atom. The van der Waals surface area contributed by atoms with Crippen molar-refractivity contribution in [2.45, 2.75) is 38.1 Å². The van der Waals surface area contributed by atoms with Crippen LogP contribution in [0.2, 0.25) is 0 Å². The molecule has 1 aromatic carbocycles. The minimum atomic E-state index is 0.548. The lowest BCUT2D eigenvalue weighted by Crippen LogP contribution is -2.43. The number of hydrogen-bond acceptors (Lipinski definition) is 4. The van der Waals surface area contributed by atoms with E-state index in [1.165, 1.54) is 25.7 Å². The predicted molar refractivity (Wildman–Crippen MR) is 96.6 cm³/mol. The van der Waals surface area contributed by atoms with E-state index in [1.54, 1.807) is 28.4 Å². The quantitative estimate of drug-likeness (QED) is 0.592. The van der Waals surface area contributed by atoms with Crippen LogP contribution in [0.3, 0.4) is 0 Å². The Bertz CT molecular complexity index is 555. The molecule has 1 aromatic rings. The summed E-state index contributed by atoms with van der Waals surface area (Å²) >= 11 is 0. The largest absolute Gasteiger partial charge is 0.493 e. The highest BCUT2D eigenvalue weighted by molar-refractivity contribution is 5.80. The Morgan fingerprint density at radius 1 is 1.08 bits per heavy atom. The van der Waals surface area contributed by atoms with Crippen LogP contribution in [-0.4, -0.2) is 46.9 Å². The summed E-state index contributed by atoms with van der Waals surface area (Å²) in [5.41, 5.74) is 1.07. The van der Waals surface area contributed by atoms with Crippen LogP contribution in [0.5, 0.6) is 17.2 Å². The van der Waals surface area contributed by atoms with Gasteiger partial charge in [0, 0.05) is 25.2 Å². The molecule has 24 heavy (non-hydrogen) atoms. The van der Waals surface area contributed by atoms with Crippen LogP contribution in [0.25, 0.3) is 0 Å². The van der Waals surface area contributed by atoms with Gasteiger partial charge < -0.3 is 24.8 Å². The lowest BCUT2D eigenvalue weighted by atomic mass is 10.1. The number of hydrogen-bond donors (Lipinski definition) is 2. The summed E-state index contributed by atoms with van der Waals surface area (Å²) in [5, 5.41) is 6.86. The zero-order valence-electron chi connectivity index (χ0n) is 15.1. The van der Waals surface area contributed by atoms with Crippen molar-refractivity contribution in [2.24, 2.45) is 4.99 Å². The molecule has 0 bridgehead atoms. The maximum atomic E-state index is 5.52. The zero-order chi connectivity index (χ0) is 17.4. The predicted octanol–water partition coefficient (Wildman–Crippen LogP) is 2.36. The van der Waals surface area contributed by atoms with E-state index < -0.39 is 0 Å². The van der Waals surface area contributed by atoms with Gasteiger partial charge in [-0.3, -0.25) is 4.99 Å². The summed E-state index contributed by atoms with van der Waals surface area (Å²) in [6, 6.07) is 4.46. The molecule has 0 saturated heterocycles. The number of rotatable bonds is 7. The van der Waals surface area contributed by atoms with Crippen LogP contribution in [0.1, 0.15) is 31.2 Å². The van der Waals surface area contributed by atoms with Gasteiger partial charge in [-0.2, -0.15) is 0 Å². The highest BCUT2D eigenvalue weighted by atomic mass is 16.5. The highest BCUT2D eigenvalue weighted by Crippen LogP contribution is 2.39. The first-order chi connectivity index (χ1) is 11.7. The first kappa shape index (κ1) is 18.2. The van der Waals surface area contributed by atoms with E-state index in [0.717, 1.165) is 30.2 Å². The lowest BCUT2D eigenvalue weighted by molar-refractivity contribution is 0.322. The Morgan fingerprint density at radius 2 is 1.79 bits per heavy atom. The Labute approximate surface area is 144 Å². The molecular weight excluding hydrogens is 306 g/mol. The number of guanidine groups is 1. The molecule has 1 saturated carbocycles. The van der Waals surface area contributed by atoms with Gasteiger partial charge in [-0.25, -0.2) is 0 Å². The van der Waals surface area contributed by atoms with Gasteiger partial charge in [0.2, 0.25) is 5.75 Å². The zero-order valence-corrected chi connectivity index (χ0v) is 15.1. The summed E-state index contributed by atoms with van der Waals surface area (Å²) in [4.78, 5) is 4.30. The summed E-state index contributed by atoms with van der Waals surface area (Å²) in [7, 11) is 6.70. The molecule has 1 aliphatic carbocycles. The van der Waals surface area contributed by atoms with E-state index in [1.807, 2.05) is 12.1 Å². The van der Waals surface area contributed by atoms with Crippen molar-refractivity contribution in [1.82, 2.24) is 10.6 Å². The summed E-state index contributed by atoms with van der Waals surface area (Å²) < 4.78 is 16.3. The van der Waals surface area contributed by atoms with Crippen LogP contribution in [0, 0.1) is 0 Å². The van der Waals surface area contributed by atoms with E-state index in [9.17, 15) is 0 Å². The fraction of sp³-hybridized carbons (Fsp3) is 0.611. The van der Waals surface area contributed by atoms with Crippen LogP contribution < -0.4 is 24.8 Å². The Kier molecular flexibility index (Phi) is 7.03. The summed E-state index contributed by atoms with van der Waals surface area (Å²) in [6.45, 7) is 0.762. The molecule has 134 valence electrons. The maximum absolute atomic E-state index is 5.52. The molecule has 0 unspecified atom stereocenters. The molecule has 0 atom stereocenters. The third kappa shape index (κ3) is 4.46. The Balaban J connectivity index is 1.95. The standard InChI is InChI=1S/C18H29N3O3/c1-19-18(21-14-7-5-6-8-14)20-12-11-13-9-10-15(22-2)17(24-4)16(13)23-3/h9-10,14H,5-8,11-12H2,1-4H3,(H2,19,20,21). The second-order valence-electron chi connectivity index (χ2n) is 5.87. The SMILES string of the molecule is CN=C(NCCc1ccc(OC)c(OC)c1OC)NC1CCCC1. The van der Waals surface area contributed by atoms with Crippen LogP contribution in [0.4, 0.5) is 0 Å². The van der Waals surface area contributed by atoms with E-state index in [0.29, 0.717) is 17.5 Å². The maximum Gasteiger partial charge on any atom is 0.203 e. The van der Waals surface area contributed by atoms with Crippen LogP contribution in [-0.2, 0) is 6.42 Å². The highest BCUT2D eigenvalue weighted by Gasteiger charge is 2.17. The van der Waals surface area contributed by atoms with Crippen LogP contribution >= 0.6 is 0 Å². The van der Waals surface area contributed by atoms with E-state index in [2.05, 4.69) is 15.6 Å². The van der Waals surface area contributed by atoms with Gasteiger partial charge in [0.05, 0.1) is 21.3 Å². The number of nitrogens with zero attached hydrogens (tertiary/aromatic N) is 1. The second-order valence-corrected chi connectivity index (χ2v) is 5.87. The third-order valence-electron chi connectivity index (χ3n) is 4.39. The molecule has 0 amide bonds. The van der Waals surface area contributed by atoms with E-state index >= 15 is 0 Å². The van der Waals surface area contributed by atoms with Crippen molar-refractivity contribution < 1.29 is 14.2 Å². The molecule has 6 heteroatoms. The van der Waals surface area contributed by atoms with E-state index in [-0.39, 0.29) is 0 Å². The minimum absolute atomic E-state index is 0.548. The normalized spacial score (nSPS) is 15.2. The molecule has 0 spiro atoms. The molecule has 0 aliphatic heterocycles. The number of aliphatic imine (C=N–C) groups is 1. The van der Waals surface area contributed by atoms with Crippen molar-refractivity contribution in [3.63, 3.8) is 0 Å². The van der Waals surface area contributed by atoms with E-state index in [4.69, 9.17) is 14.2 Å². The monoisotopic (exact) mass is 335 g/mol. The van der Waals surface area contributed by atoms with Crippen molar-refractivity contribution in [2.75, 3.05) is 34.9 Å². The molecule has 2 N–H and O–H groups in total. The first-order valence-electron chi connectivity index (χ1n) is 8.48. The number of methoxy groups -OCH3 is 3. The smallest absolute Gasteiger partial charge is 0.203 e. The van der Waals surface area contributed by atoms with Gasteiger partial charge in [-0.15, -0.1) is 0 Å². The van der Waals surface area contributed by atoms with Gasteiger partial charge in [0.1, 0.15) is 0 Å². The molecule has 2 rings (SSSR count). The average Bonchev–Trinajstić information content (AvgIpc) is 3.13. The van der Waals surface area contributed by atoms with Crippen LogP contribution in [0.15, 0.2) is 17.1 Å². The Hall–Kier alpha value is -2.11. The molecule has 6 nitrogen and oxygen atoms in total. The van der Waals surface area contributed by atoms with Gasteiger partial charge >= 0.3 is 0 Å². The van der Waals surface area contributed by atoms with Gasteiger partial charge in [0.15, 0.2) is 17.5 Å². The molecule has 1 aliphatic rings. The number of ether oxygens (including phenoxy) is 3. The van der Waals surface area contributed by atoms with Crippen molar-refractivity contribution in [3.05, 3.63) is 17.7 Å². The lowest BCUT2D eigenvalue weighted by Gasteiger charge is -2.18. The molecular formula is C18H29N3O3. The average molecular weight is 335 g/mol. The number of nitrogens with one attached hydrogen (secondary N) is 2. The molecule has 1 fully saturated rings. The minimum Gasteiger partial charge on any atom is -0.493 e. The summed E-state index contributed by atoms with van der Waals surface area (Å²) in [5.74, 6) is 2.88. The van der Waals surface area contributed by atoms with Gasteiger partial charge in [-0.05, 0) is 25.3 Å². The van der Waals surface area contributed by atoms with Gasteiger partial charge in [0.25, 0.3) is 0 Å². The van der Waals surface area contributed by atoms with Crippen molar-refractivity contribution in [1.29, 1.82) is 0 Å². The fourth-order valence-electron chi connectivity index (χ4n) is 3.13. The van der Waals surface area contributed by atoms with Gasteiger partial charge in [-0.1, -0.05) is 18.9 Å². The molecule has 0 aromatic heterocycles. The topological polar surface area (TPSA) is 64.1 Å². The molecule has 0 radical (unpaired) electrons. The van der Waals surface area contributed by atoms with Crippen molar-refractivity contribution >= 4 is 5.96 Å².